The average molecular weight is 250 g/mol. The smallest absolute Gasteiger partial charge is 0.134 e. The number of hydrogen-bond acceptors (Lipinski definition) is 4. The Kier molecular flexibility index (Phi) is 6.47. The Morgan fingerprint density at radius 3 is 2.17 bits per heavy atom. The predicted molar refractivity (Wildman–Crippen MR) is 77.9 cm³/mol. The van der Waals surface area contributed by atoms with Gasteiger partial charge in [0.25, 0.3) is 0 Å². The molecule has 0 aliphatic heterocycles. The molecule has 0 atom stereocenters. The van der Waals surface area contributed by atoms with Crippen LogP contribution in [0.4, 0.5) is 11.6 Å². The topological polar surface area (TPSA) is 55.0 Å². The van der Waals surface area contributed by atoms with Crippen LogP contribution in [-0.2, 0) is 6.42 Å². The summed E-state index contributed by atoms with van der Waals surface area (Å²) in [5.74, 6) is 2.40. The molecule has 0 aromatic carbocycles. The lowest BCUT2D eigenvalue weighted by Gasteiger charge is -2.24. The van der Waals surface area contributed by atoms with Crippen molar-refractivity contribution in [2.45, 2.75) is 52.9 Å². The zero-order chi connectivity index (χ0) is 13.4. The van der Waals surface area contributed by atoms with Gasteiger partial charge in [-0.15, -0.1) is 0 Å². The lowest BCUT2D eigenvalue weighted by Crippen LogP contribution is -2.27. The quantitative estimate of drug-likeness (QED) is 0.770. The second kappa shape index (κ2) is 7.90. The normalized spacial score (nSPS) is 10.6. The van der Waals surface area contributed by atoms with Gasteiger partial charge in [0, 0.05) is 25.6 Å². The molecule has 102 valence electrons. The first kappa shape index (κ1) is 14.7. The summed E-state index contributed by atoms with van der Waals surface area (Å²) in [5, 5.41) is 0. The first-order chi connectivity index (χ1) is 8.71. The predicted octanol–water partition coefficient (Wildman–Crippen LogP) is 3.03. The van der Waals surface area contributed by atoms with Gasteiger partial charge in [-0.05, 0) is 12.8 Å². The van der Waals surface area contributed by atoms with Crippen molar-refractivity contribution in [3.63, 3.8) is 0 Å². The number of aryl methyl sites for hydroxylation is 1. The average Bonchev–Trinajstić information content (AvgIpc) is 2.38. The molecule has 0 saturated carbocycles. The molecular formula is C14H26N4. The molecule has 1 aromatic rings. The van der Waals surface area contributed by atoms with E-state index in [1.807, 2.05) is 6.07 Å². The Labute approximate surface area is 111 Å². The van der Waals surface area contributed by atoms with Gasteiger partial charge in [-0.25, -0.2) is 9.97 Å². The number of nitrogens with two attached hydrogens (primary N) is 1. The molecular weight excluding hydrogens is 224 g/mol. The number of nitrogen functional groups attached to an aromatic ring is 1. The van der Waals surface area contributed by atoms with E-state index in [-0.39, 0.29) is 0 Å². The van der Waals surface area contributed by atoms with Crippen LogP contribution < -0.4 is 10.6 Å². The summed E-state index contributed by atoms with van der Waals surface area (Å²) in [6.07, 6.45) is 5.60. The summed E-state index contributed by atoms with van der Waals surface area (Å²) >= 11 is 0. The van der Waals surface area contributed by atoms with Crippen molar-refractivity contribution in [2.75, 3.05) is 23.7 Å². The van der Waals surface area contributed by atoms with E-state index in [1.165, 1.54) is 25.7 Å². The third-order valence-electron chi connectivity index (χ3n) is 2.98. The van der Waals surface area contributed by atoms with E-state index >= 15 is 0 Å². The number of nitrogens with zero attached hydrogens (tertiary/aromatic N) is 3. The maximum atomic E-state index is 5.85. The number of aromatic nitrogens is 2. The first-order valence-electron chi connectivity index (χ1n) is 7.09. The molecule has 4 heteroatoms. The van der Waals surface area contributed by atoms with E-state index in [0.717, 1.165) is 31.2 Å². The molecule has 0 spiro atoms. The van der Waals surface area contributed by atoms with Crippen molar-refractivity contribution in [2.24, 2.45) is 0 Å². The molecule has 18 heavy (non-hydrogen) atoms. The maximum absolute atomic E-state index is 5.85. The van der Waals surface area contributed by atoms with Gasteiger partial charge in [-0.1, -0.05) is 33.6 Å². The van der Waals surface area contributed by atoms with Gasteiger partial charge >= 0.3 is 0 Å². The number of unbranched alkanes of at least 4 members (excludes halogenated alkanes) is 2. The minimum Gasteiger partial charge on any atom is -0.384 e. The van der Waals surface area contributed by atoms with Gasteiger partial charge in [0.15, 0.2) is 0 Å². The highest BCUT2D eigenvalue weighted by atomic mass is 15.2. The summed E-state index contributed by atoms with van der Waals surface area (Å²) < 4.78 is 0. The molecule has 1 aromatic heterocycles. The van der Waals surface area contributed by atoms with E-state index in [4.69, 9.17) is 5.73 Å². The Hall–Kier alpha value is -1.32. The monoisotopic (exact) mass is 250 g/mol. The molecule has 1 rings (SSSR count). The van der Waals surface area contributed by atoms with Crippen molar-refractivity contribution >= 4 is 11.6 Å². The van der Waals surface area contributed by atoms with Crippen LogP contribution in [0, 0.1) is 0 Å². The summed E-state index contributed by atoms with van der Waals surface area (Å²) in [7, 11) is 0. The fourth-order valence-electron chi connectivity index (χ4n) is 1.86. The molecule has 1 heterocycles. The third kappa shape index (κ3) is 4.51. The molecule has 0 amide bonds. The Morgan fingerprint density at radius 2 is 1.67 bits per heavy atom. The van der Waals surface area contributed by atoms with Gasteiger partial charge in [-0.2, -0.15) is 0 Å². The van der Waals surface area contributed by atoms with Crippen molar-refractivity contribution in [1.82, 2.24) is 9.97 Å². The fourth-order valence-corrected chi connectivity index (χ4v) is 1.86. The second-order valence-corrected chi connectivity index (χ2v) is 4.61. The van der Waals surface area contributed by atoms with E-state index in [2.05, 4.69) is 35.6 Å². The number of rotatable bonds is 8. The third-order valence-corrected chi connectivity index (χ3v) is 2.98. The van der Waals surface area contributed by atoms with Gasteiger partial charge in [0.2, 0.25) is 0 Å². The molecule has 0 unspecified atom stereocenters. The highest BCUT2D eigenvalue weighted by molar-refractivity contribution is 5.47. The highest BCUT2D eigenvalue weighted by Crippen LogP contribution is 2.16. The van der Waals surface area contributed by atoms with E-state index in [9.17, 15) is 0 Å². The van der Waals surface area contributed by atoms with E-state index < -0.39 is 0 Å². The highest BCUT2D eigenvalue weighted by Gasteiger charge is 2.09. The first-order valence-corrected chi connectivity index (χ1v) is 7.09. The van der Waals surface area contributed by atoms with Gasteiger partial charge in [0.1, 0.15) is 17.5 Å². The summed E-state index contributed by atoms with van der Waals surface area (Å²) in [4.78, 5) is 11.2. The van der Waals surface area contributed by atoms with Crippen molar-refractivity contribution < 1.29 is 0 Å². The van der Waals surface area contributed by atoms with Crippen LogP contribution in [0.3, 0.4) is 0 Å². The summed E-state index contributed by atoms with van der Waals surface area (Å²) in [6.45, 7) is 8.58. The van der Waals surface area contributed by atoms with Crippen LogP contribution in [0.2, 0.25) is 0 Å². The fraction of sp³-hybridized carbons (Fsp3) is 0.714. The Morgan fingerprint density at radius 1 is 1.06 bits per heavy atom. The van der Waals surface area contributed by atoms with Crippen LogP contribution in [0.25, 0.3) is 0 Å². The van der Waals surface area contributed by atoms with Crippen LogP contribution >= 0.6 is 0 Å². The molecule has 0 radical (unpaired) electrons. The molecule has 0 aliphatic carbocycles. The lowest BCUT2D eigenvalue weighted by atomic mass is 10.2. The molecule has 0 saturated heterocycles. The summed E-state index contributed by atoms with van der Waals surface area (Å²) in [5.41, 5.74) is 5.85. The standard InChI is InChI=1S/C14H26N4/c1-4-7-9-18(10-8-5-2)14-11-12(15)16-13(6-3)17-14/h11H,4-10H2,1-3H3,(H2,15,16,17). The number of hydrogen-bond donors (Lipinski definition) is 1. The molecule has 2 N–H and O–H groups in total. The zero-order valence-corrected chi connectivity index (χ0v) is 11.9. The van der Waals surface area contributed by atoms with Crippen molar-refractivity contribution in [3.8, 4) is 0 Å². The zero-order valence-electron chi connectivity index (χ0n) is 11.9. The minimum atomic E-state index is 0.579. The molecule has 4 nitrogen and oxygen atoms in total. The van der Waals surface area contributed by atoms with Gasteiger partial charge in [0.05, 0.1) is 0 Å². The molecule has 0 bridgehead atoms. The largest absolute Gasteiger partial charge is 0.384 e. The van der Waals surface area contributed by atoms with Crippen LogP contribution in [0.1, 0.15) is 52.3 Å². The van der Waals surface area contributed by atoms with E-state index in [0.29, 0.717) is 5.82 Å². The number of anilines is 2. The Balaban J connectivity index is 2.84. The van der Waals surface area contributed by atoms with Crippen molar-refractivity contribution in [1.29, 1.82) is 0 Å². The molecule has 0 aliphatic rings. The van der Waals surface area contributed by atoms with Crippen LogP contribution in [0.15, 0.2) is 6.07 Å². The van der Waals surface area contributed by atoms with Crippen LogP contribution in [0.5, 0.6) is 0 Å². The van der Waals surface area contributed by atoms with Crippen LogP contribution in [-0.4, -0.2) is 23.1 Å². The second-order valence-electron chi connectivity index (χ2n) is 4.61. The summed E-state index contributed by atoms with van der Waals surface area (Å²) in [6, 6.07) is 1.89. The lowest BCUT2D eigenvalue weighted by molar-refractivity contribution is 0.668. The maximum Gasteiger partial charge on any atom is 0.134 e. The van der Waals surface area contributed by atoms with Gasteiger partial charge in [-0.3, -0.25) is 0 Å². The Bertz CT molecular complexity index is 344. The van der Waals surface area contributed by atoms with Crippen molar-refractivity contribution in [3.05, 3.63) is 11.9 Å². The molecule has 0 fully saturated rings. The SMILES string of the molecule is CCCCN(CCCC)c1cc(N)nc(CC)n1. The van der Waals surface area contributed by atoms with Gasteiger partial charge < -0.3 is 10.6 Å². The minimum absolute atomic E-state index is 0.579. The van der Waals surface area contributed by atoms with E-state index in [1.54, 1.807) is 0 Å².